The maximum atomic E-state index is 13.2. The highest BCUT2D eigenvalue weighted by atomic mass is 19.1. The largest absolute Gasteiger partial charge is 0.338 e. The van der Waals surface area contributed by atoms with E-state index in [0.29, 0.717) is 28.1 Å². The number of fused-ring (bicyclic) bond motifs is 2. The van der Waals surface area contributed by atoms with Crippen molar-refractivity contribution in [2.75, 3.05) is 5.32 Å². The summed E-state index contributed by atoms with van der Waals surface area (Å²) in [5.41, 5.74) is 3.66. The number of carbonyl (C=O) groups is 1. The summed E-state index contributed by atoms with van der Waals surface area (Å²) in [5, 5.41) is 2.81. The first kappa shape index (κ1) is 18.7. The van der Waals surface area contributed by atoms with Gasteiger partial charge in [-0.3, -0.25) is 14.2 Å². The van der Waals surface area contributed by atoms with Gasteiger partial charge < -0.3 is 10.3 Å². The first-order valence-corrected chi connectivity index (χ1v) is 9.57. The summed E-state index contributed by atoms with van der Waals surface area (Å²) in [4.78, 5) is 36.6. The second-order valence-electron chi connectivity index (χ2n) is 7.04. The normalized spacial score (nSPS) is 11.1. The van der Waals surface area contributed by atoms with Crippen LogP contribution in [0, 0.1) is 5.82 Å². The molecule has 1 amide bonds. The van der Waals surface area contributed by atoms with Gasteiger partial charge in [-0.1, -0.05) is 12.1 Å². The molecule has 0 spiro atoms. The Morgan fingerprint density at radius 1 is 1.03 bits per heavy atom. The van der Waals surface area contributed by atoms with E-state index in [-0.39, 0.29) is 23.8 Å². The molecule has 0 radical (unpaired) electrons. The number of carbonyl (C=O) groups excluding carboxylic acids is 1. The number of anilines is 1. The molecule has 0 bridgehead atoms. The summed E-state index contributed by atoms with van der Waals surface area (Å²) in [6, 6.07) is 18.5. The van der Waals surface area contributed by atoms with Crippen molar-refractivity contribution in [3.63, 3.8) is 0 Å². The number of H-pyrrole nitrogens is 1. The lowest BCUT2D eigenvalue weighted by atomic mass is 10.2. The van der Waals surface area contributed by atoms with Crippen LogP contribution in [0.3, 0.4) is 0 Å². The van der Waals surface area contributed by atoms with Crippen molar-refractivity contribution in [1.82, 2.24) is 19.5 Å². The second kappa shape index (κ2) is 7.49. The van der Waals surface area contributed by atoms with E-state index in [2.05, 4.69) is 20.3 Å². The summed E-state index contributed by atoms with van der Waals surface area (Å²) in [6.07, 6.45) is 1.21. The van der Waals surface area contributed by atoms with Crippen LogP contribution in [0.1, 0.15) is 0 Å². The summed E-state index contributed by atoms with van der Waals surface area (Å²) >= 11 is 0. The third-order valence-corrected chi connectivity index (χ3v) is 4.94. The van der Waals surface area contributed by atoms with Gasteiger partial charge in [-0.25, -0.2) is 14.4 Å². The van der Waals surface area contributed by atoms with Gasteiger partial charge in [-0.15, -0.1) is 0 Å². The number of halogens is 1. The van der Waals surface area contributed by atoms with Gasteiger partial charge >= 0.3 is 0 Å². The van der Waals surface area contributed by atoms with Gasteiger partial charge in [0.05, 0.1) is 28.3 Å². The summed E-state index contributed by atoms with van der Waals surface area (Å²) in [7, 11) is 0. The van der Waals surface area contributed by atoms with Crippen LogP contribution in [-0.4, -0.2) is 25.4 Å². The molecule has 0 saturated carbocycles. The number of para-hydroxylation sites is 2. The Morgan fingerprint density at radius 3 is 2.68 bits per heavy atom. The maximum absolute atomic E-state index is 13.2. The summed E-state index contributed by atoms with van der Waals surface area (Å²) in [5.74, 6) is -0.0460. The Kier molecular flexibility index (Phi) is 4.51. The third-order valence-electron chi connectivity index (χ3n) is 4.94. The number of aromatic nitrogens is 4. The molecule has 5 rings (SSSR count). The molecule has 152 valence electrons. The molecule has 0 aliphatic carbocycles. The smallest absolute Gasteiger partial charge is 0.269 e. The Hall–Kier alpha value is -4.33. The third kappa shape index (κ3) is 3.66. The van der Waals surface area contributed by atoms with Crippen LogP contribution in [0.25, 0.3) is 33.5 Å². The van der Waals surface area contributed by atoms with Crippen molar-refractivity contribution >= 4 is 33.7 Å². The fraction of sp³-hybridized carbons (Fsp3) is 0.0435. The molecule has 0 atom stereocenters. The average Bonchev–Trinajstić information content (AvgIpc) is 3.19. The van der Waals surface area contributed by atoms with Crippen molar-refractivity contribution in [1.29, 1.82) is 0 Å². The highest BCUT2D eigenvalue weighted by Crippen LogP contribution is 2.23. The molecule has 31 heavy (non-hydrogen) atoms. The van der Waals surface area contributed by atoms with Crippen LogP contribution in [0.15, 0.2) is 77.7 Å². The predicted molar refractivity (Wildman–Crippen MR) is 116 cm³/mol. The number of hydrogen-bond donors (Lipinski definition) is 2. The van der Waals surface area contributed by atoms with Crippen molar-refractivity contribution in [2.24, 2.45) is 0 Å². The quantitative estimate of drug-likeness (QED) is 0.470. The molecule has 2 heterocycles. The molecule has 2 aromatic heterocycles. The molecule has 0 unspecified atom stereocenters. The minimum Gasteiger partial charge on any atom is -0.338 e. The first-order valence-electron chi connectivity index (χ1n) is 9.57. The molecule has 3 aromatic carbocycles. The molecule has 0 fully saturated rings. The lowest BCUT2D eigenvalue weighted by molar-refractivity contribution is -0.116. The van der Waals surface area contributed by atoms with Crippen LogP contribution in [0.4, 0.5) is 10.1 Å². The zero-order valence-electron chi connectivity index (χ0n) is 16.2. The van der Waals surface area contributed by atoms with E-state index in [9.17, 15) is 14.0 Å². The zero-order chi connectivity index (χ0) is 21.4. The van der Waals surface area contributed by atoms with Gasteiger partial charge in [-0.05, 0) is 54.6 Å². The molecule has 5 aromatic rings. The maximum Gasteiger partial charge on any atom is 0.269 e. The minimum atomic E-state index is -0.346. The van der Waals surface area contributed by atoms with Gasteiger partial charge in [0.25, 0.3) is 5.56 Å². The van der Waals surface area contributed by atoms with E-state index in [1.807, 2.05) is 6.07 Å². The van der Waals surface area contributed by atoms with Gasteiger partial charge in [0.15, 0.2) is 0 Å². The second-order valence-corrected chi connectivity index (χ2v) is 7.04. The van der Waals surface area contributed by atoms with E-state index in [4.69, 9.17) is 0 Å². The predicted octanol–water partition coefficient (Wildman–Crippen LogP) is 3.72. The average molecular weight is 413 g/mol. The Labute approximate surface area is 175 Å². The van der Waals surface area contributed by atoms with E-state index < -0.39 is 0 Å². The number of amides is 1. The van der Waals surface area contributed by atoms with E-state index in [1.54, 1.807) is 48.5 Å². The van der Waals surface area contributed by atoms with E-state index >= 15 is 0 Å². The van der Waals surface area contributed by atoms with E-state index in [0.717, 1.165) is 11.1 Å². The summed E-state index contributed by atoms with van der Waals surface area (Å²) in [6.45, 7) is -0.135. The van der Waals surface area contributed by atoms with Crippen LogP contribution < -0.4 is 10.9 Å². The van der Waals surface area contributed by atoms with E-state index in [1.165, 1.54) is 22.9 Å². The molecule has 0 aliphatic heterocycles. The molecule has 0 aliphatic rings. The number of imidazole rings is 1. The number of nitrogens with one attached hydrogen (secondary N) is 2. The SMILES string of the molecule is O=C(Cn1c(=O)cnc2ccccc21)Nc1ccc2nc(-c3ccc(F)cc3)[nH]c2c1. The van der Waals surface area contributed by atoms with Gasteiger partial charge in [-0.2, -0.15) is 0 Å². The highest BCUT2D eigenvalue weighted by molar-refractivity contribution is 5.94. The lowest BCUT2D eigenvalue weighted by Crippen LogP contribution is -2.27. The summed E-state index contributed by atoms with van der Waals surface area (Å²) < 4.78 is 14.5. The van der Waals surface area contributed by atoms with Gasteiger partial charge in [0.1, 0.15) is 18.2 Å². The first-order chi connectivity index (χ1) is 15.1. The van der Waals surface area contributed by atoms with Crippen LogP contribution >= 0.6 is 0 Å². The van der Waals surface area contributed by atoms with Gasteiger partial charge in [0.2, 0.25) is 5.91 Å². The Bertz CT molecular complexity index is 1490. The van der Waals surface area contributed by atoms with Crippen LogP contribution in [-0.2, 0) is 11.3 Å². The molecular formula is C23H16FN5O2. The van der Waals surface area contributed by atoms with Crippen molar-refractivity contribution < 1.29 is 9.18 Å². The van der Waals surface area contributed by atoms with Crippen molar-refractivity contribution in [3.8, 4) is 11.4 Å². The van der Waals surface area contributed by atoms with Crippen molar-refractivity contribution in [2.45, 2.75) is 6.54 Å². The van der Waals surface area contributed by atoms with Crippen molar-refractivity contribution in [3.05, 3.63) is 89.1 Å². The monoisotopic (exact) mass is 413 g/mol. The standard InChI is InChI=1S/C23H16FN5O2/c24-15-7-5-14(6-8-15)23-27-17-10-9-16(11-19(17)28-23)26-21(30)13-29-20-4-2-1-3-18(20)25-12-22(29)31/h1-12H,13H2,(H,26,30)(H,27,28). The Balaban J connectivity index is 1.39. The molecule has 2 N–H and O–H groups in total. The van der Waals surface area contributed by atoms with Gasteiger partial charge in [0, 0.05) is 11.3 Å². The lowest BCUT2D eigenvalue weighted by Gasteiger charge is -2.10. The number of benzene rings is 3. The number of aromatic amines is 1. The molecule has 8 heteroatoms. The minimum absolute atomic E-state index is 0.135. The topological polar surface area (TPSA) is 92.7 Å². The van der Waals surface area contributed by atoms with Crippen LogP contribution in [0.5, 0.6) is 0 Å². The fourth-order valence-electron chi connectivity index (χ4n) is 3.45. The highest BCUT2D eigenvalue weighted by Gasteiger charge is 2.11. The fourth-order valence-corrected chi connectivity index (χ4v) is 3.45. The number of nitrogens with zero attached hydrogens (tertiary/aromatic N) is 3. The number of hydrogen-bond acceptors (Lipinski definition) is 4. The molecule has 7 nitrogen and oxygen atoms in total. The Morgan fingerprint density at radius 2 is 1.84 bits per heavy atom. The number of rotatable bonds is 4. The zero-order valence-corrected chi connectivity index (χ0v) is 16.2. The molecular weight excluding hydrogens is 397 g/mol. The van der Waals surface area contributed by atoms with Crippen LogP contribution in [0.2, 0.25) is 0 Å². The molecule has 0 saturated heterocycles.